The molecule has 0 spiro atoms. The highest BCUT2D eigenvalue weighted by molar-refractivity contribution is 9.10. The van der Waals surface area contributed by atoms with Gasteiger partial charge in [0, 0.05) is 17.1 Å². The second-order valence-electron chi connectivity index (χ2n) is 5.69. The number of anilines is 1. The van der Waals surface area contributed by atoms with E-state index in [1.165, 1.54) is 17.0 Å². The first-order valence-electron chi connectivity index (χ1n) is 7.37. The number of rotatable bonds is 3. The zero-order valence-corrected chi connectivity index (χ0v) is 13.5. The number of urea groups is 1. The van der Waals surface area contributed by atoms with E-state index >= 15 is 0 Å². The van der Waals surface area contributed by atoms with Gasteiger partial charge in [-0.25, -0.2) is 9.18 Å². The highest BCUT2D eigenvalue weighted by Crippen LogP contribution is 2.24. The van der Waals surface area contributed by atoms with Gasteiger partial charge in [0.05, 0.1) is 5.69 Å². The van der Waals surface area contributed by atoms with Gasteiger partial charge < -0.3 is 15.5 Å². The molecule has 118 valence electrons. The molecular formula is C15H17BrFN3O2. The molecule has 0 aromatic heterocycles. The molecule has 1 unspecified atom stereocenters. The number of carbonyl (C=O) groups is 2. The summed E-state index contributed by atoms with van der Waals surface area (Å²) in [5.41, 5.74) is 0.112. The Morgan fingerprint density at radius 1 is 1.27 bits per heavy atom. The number of hydrogen-bond acceptors (Lipinski definition) is 2. The van der Waals surface area contributed by atoms with Crippen molar-refractivity contribution in [1.29, 1.82) is 0 Å². The average Bonchev–Trinajstić information content (AvgIpc) is 3.14. The van der Waals surface area contributed by atoms with Crippen molar-refractivity contribution in [2.45, 2.75) is 37.8 Å². The van der Waals surface area contributed by atoms with Crippen molar-refractivity contribution in [3.63, 3.8) is 0 Å². The molecule has 1 aromatic rings. The SMILES string of the molecule is O=C(NC1CC1)C1CCCN1C(=O)Nc1ccc(Br)cc1F. The van der Waals surface area contributed by atoms with E-state index in [4.69, 9.17) is 0 Å². The van der Waals surface area contributed by atoms with Crippen molar-refractivity contribution in [2.24, 2.45) is 0 Å². The number of hydrogen-bond donors (Lipinski definition) is 2. The van der Waals surface area contributed by atoms with E-state index in [2.05, 4.69) is 26.6 Å². The summed E-state index contributed by atoms with van der Waals surface area (Å²) in [6, 6.07) is 3.81. The van der Waals surface area contributed by atoms with Crippen molar-refractivity contribution >= 4 is 33.6 Å². The van der Waals surface area contributed by atoms with Crippen molar-refractivity contribution in [2.75, 3.05) is 11.9 Å². The van der Waals surface area contributed by atoms with Gasteiger partial charge in [-0.15, -0.1) is 0 Å². The first-order valence-corrected chi connectivity index (χ1v) is 8.17. The van der Waals surface area contributed by atoms with Gasteiger partial charge in [0.1, 0.15) is 11.9 Å². The summed E-state index contributed by atoms with van der Waals surface area (Å²) >= 11 is 3.17. The Balaban J connectivity index is 1.66. The van der Waals surface area contributed by atoms with E-state index in [0.29, 0.717) is 17.4 Å². The van der Waals surface area contributed by atoms with Gasteiger partial charge in [0.15, 0.2) is 0 Å². The van der Waals surface area contributed by atoms with Crippen molar-refractivity contribution < 1.29 is 14.0 Å². The van der Waals surface area contributed by atoms with Gasteiger partial charge in [0.2, 0.25) is 5.91 Å². The molecule has 2 fully saturated rings. The zero-order chi connectivity index (χ0) is 15.7. The largest absolute Gasteiger partial charge is 0.352 e. The Morgan fingerprint density at radius 3 is 2.73 bits per heavy atom. The maximum Gasteiger partial charge on any atom is 0.322 e. The Hall–Kier alpha value is -1.63. The second-order valence-corrected chi connectivity index (χ2v) is 6.60. The van der Waals surface area contributed by atoms with Crippen LogP contribution in [0.1, 0.15) is 25.7 Å². The molecule has 1 aromatic carbocycles. The molecule has 0 radical (unpaired) electrons. The van der Waals surface area contributed by atoms with Crippen LogP contribution >= 0.6 is 15.9 Å². The standard InChI is InChI=1S/C15H17BrFN3O2/c16-9-3-6-12(11(17)8-9)19-15(22)20-7-1-2-13(20)14(21)18-10-4-5-10/h3,6,8,10,13H,1-2,4-5,7H2,(H,18,21)(H,19,22). The van der Waals surface area contributed by atoms with Crippen molar-refractivity contribution in [3.8, 4) is 0 Å². The molecule has 2 N–H and O–H groups in total. The maximum atomic E-state index is 13.8. The van der Waals surface area contributed by atoms with Crippen LogP contribution in [0, 0.1) is 5.82 Å². The molecule has 1 aliphatic heterocycles. The Bertz CT molecular complexity index is 606. The number of benzene rings is 1. The lowest BCUT2D eigenvalue weighted by molar-refractivity contribution is -0.124. The number of carbonyl (C=O) groups excluding carboxylic acids is 2. The van der Waals surface area contributed by atoms with E-state index in [1.54, 1.807) is 6.07 Å². The number of halogens is 2. The van der Waals surface area contributed by atoms with Crippen LogP contribution in [-0.2, 0) is 4.79 Å². The number of likely N-dealkylation sites (tertiary alicyclic amines) is 1. The summed E-state index contributed by atoms with van der Waals surface area (Å²) in [6.45, 7) is 0.507. The maximum absolute atomic E-state index is 13.8. The van der Waals surface area contributed by atoms with Gasteiger partial charge in [0.25, 0.3) is 0 Å². The molecule has 22 heavy (non-hydrogen) atoms. The van der Waals surface area contributed by atoms with E-state index < -0.39 is 17.9 Å². The van der Waals surface area contributed by atoms with Crippen LogP contribution in [0.4, 0.5) is 14.9 Å². The topological polar surface area (TPSA) is 61.4 Å². The van der Waals surface area contributed by atoms with Gasteiger partial charge >= 0.3 is 6.03 Å². The van der Waals surface area contributed by atoms with E-state index in [-0.39, 0.29) is 17.6 Å². The molecule has 2 aliphatic rings. The quantitative estimate of drug-likeness (QED) is 0.860. The third-order valence-corrected chi connectivity index (χ3v) is 4.41. The van der Waals surface area contributed by atoms with Crippen molar-refractivity contribution in [1.82, 2.24) is 10.2 Å². The van der Waals surface area contributed by atoms with Crippen LogP contribution in [0.25, 0.3) is 0 Å². The summed E-state index contributed by atoms with van der Waals surface area (Å²) in [4.78, 5) is 26.0. The normalized spacial score (nSPS) is 20.8. The van der Waals surface area contributed by atoms with Crippen LogP contribution in [0.2, 0.25) is 0 Å². The summed E-state index contributed by atoms with van der Waals surface area (Å²) < 4.78 is 14.4. The Labute approximate surface area is 136 Å². The lowest BCUT2D eigenvalue weighted by Crippen LogP contribution is -2.48. The summed E-state index contributed by atoms with van der Waals surface area (Å²) in [5.74, 6) is -0.618. The minimum atomic E-state index is -0.513. The minimum absolute atomic E-state index is 0.105. The van der Waals surface area contributed by atoms with E-state index in [1.807, 2.05) is 0 Å². The fourth-order valence-corrected chi connectivity index (χ4v) is 2.92. The fourth-order valence-electron chi connectivity index (χ4n) is 2.59. The van der Waals surface area contributed by atoms with Gasteiger partial charge in [-0.05, 0) is 43.9 Å². The molecule has 5 nitrogen and oxygen atoms in total. The van der Waals surface area contributed by atoms with Crippen LogP contribution < -0.4 is 10.6 Å². The monoisotopic (exact) mass is 369 g/mol. The van der Waals surface area contributed by atoms with Crippen LogP contribution in [0.15, 0.2) is 22.7 Å². The minimum Gasteiger partial charge on any atom is -0.352 e. The molecule has 1 saturated carbocycles. The Morgan fingerprint density at radius 2 is 2.05 bits per heavy atom. The zero-order valence-electron chi connectivity index (χ0n) is 11.9. The number of amides is 3. The summed E-state index contributed by atoms with van der Waals surface area (Å²) in [7, 11) is 0. The van der Waals surface area contributed by atoms with Gasteiger partial charge in [-0.3, -0.25) is 4.79 Å². The van der Waals surface area contributed by atoms with Crippen LogP contribution in [0.3, 0.4) is 0 Å². The molecule has 1 saturated heterocycles. The van der Waals surface area contributed by atoms with E-state index in [9.17, 15) is 14.0 Å². The summed E-state index contributed by atoms with van der Waals surface area (Å²) in [6.07, 6.45) is 3.44. The molecule has 1 atom stereocenters. The smallest absolute Gasteiger partial charge is 0.322 e. The van der Waals surface area contributed by atoms with Gasteiger partial charge in [-0.2, -0.15) is 0 Å². The predicted octanol–water partition coefficient (Wildman–Crippen LogP) is 2.86. The Kier molecular flexibility index (Phi) is 4.33. The third-order valence-electron chi connectivity index (χ3n) is 3.91. The van der Waals surface area contributed by atoms with Crippen molar-refractivity contribution in [3.05, 3.63) is 28.5 Å². The van der Waals surface area contributed by atoms with Gasteiger partial charge in [-0.1, -0.05) is 15.9 Å². The van der Waals surface area contributed by atoms with E-state index in [0.717, 1.165) is 19.3 Å². The lowest BCUT2D eigenvalue weighted by Gasteiger charge is -2.24. The molecular weight excluding hydrogens is 353 g/mol. The number of nitrogens with zero attached hydrogens (tertiary/aromatic N) is 1. The summed E-state index contributed by atoms with van der Waals surface area (Å²) in [5, 5.41) is 5.47. The lowest BCUT2D eigenvalue weighted by atomic mass is 10.2. The van der Waals surface area contributed by atoms with Crippen LogP contribution in [-0.4, -0.2) is 35.5 Å². The van der Waals surface area contributed by atoms with Crippen LogP contribution in [0.5, 0.6) is 0 Å². The average molecular weight is 370 g/mol. The number of nitrogens with one attached hydrogen (secondary N) is 2. The second kappa shape index (κ2) is 6.24. The highest BCUT2D eigenvalue weighted by atomic mass is 79.9. The highest BCUT2D eigenvalue weighted by Gasteiger charge is 2.36. The third kappa shape index (κ3) is 3.40. The predicted molar refractivity (Wildman–Crippen MR) is 84.0 cm³/mol. The first-order chi connectivity index (χ1) is 10.5. The molecule has 7 heteroatoms. The fraction of sp³-hybridized carbons (Fsp3) is 0.467. The molecule has 1 aliphatic carbocycles. The molecule has 0 bridgehead atoms. The molecule has 3 amide bonds. The first kappa shape index (κ1) is 15.3. The molecule has 1 heterocycles. The molecule has 3 rings (SSSR count).